The van der Waals surface area contributed by atoms with Gasteiger partial charge in [0.05, 0.1) is 4.47 Å². The number of alkyl halides is 3. The van der Waals surface area contributed by atoms with E-state index in [9.17, 15) is 13.2 Å². The van der Waals surface area contributed by atoms with Crippen LogP contribution in [0.3, 0.4) is 0 Å². The maximum Gasteiger partial charge on any atom is 0.441 e. The fourth-order valence-corrected chi connectivity index (χ4v) is 1.71. The third-order valence-electron chi connectivity index (χ3n) is 1.63. The number of nitrogens with zero attached hydrogens (tertiary/aromatic N) is 2. The summed E-state index contributed by atoms with van der Waals surface area (Å²) >= 11 is 3.14. The normalized spacial score (nSPS) is 11.4. The van der Waals surface area contributed by atoms with Gasteiger partial charge in [0.1, 0.15) is 5.82 Å². The molecule has 0 radical (unpaired) electrons. The Hall–Kier alpha value is -0.700. The van der Waals surface area contributed by atoms with Crippen LogP contribution in [0.2, 0.25) is 0 Å². The summed E-state index contributed by atoms with van der Waals surface area (Å²) in [5, 5.41) is 5.54. The maximum absolute atomic E-state index is 11.9. The van der Waals surface area contributed by atoms with Gasteiger partial charge in [-0.25, -0.2) is 4.98 Å². The van der Waals surface area contributed by atoms with Gasteiger partial charge in [-0.1, -0.05) is 0 Å². The summed E-state index contributed by atoms with van der Waals surface area (Å²) in [5.74, 6) is 0.792. The van der Waals surface area contributed by atoms with Crippen molar-refractivity contribution in [1.82, 2.24) is 9.97 Å². The van der Waals surface area contributed by atoms with Crippen LogP contribution in [0.5, 0.6) is 0 Å². The van der Waals surface area contributed by atoms with Crippen LogP contribution in [0, 0.1) is 0 Å². The molecule has 0 spiro atoms. The monoisotopic (exact) mass is 330 g/mol. The minimum Gasteiger partial charge on any atom is -0.368 e. The van der Waals surface area contributed by atoms with E-state index < -0.39 is 5.51 Å². The van der Waals surface area contributed by atoms with Crippen LogP contribution < -0.4 is 10.6 Å². The highest BCUT2D eigenvalue weighted by Gasteiger charge is 2.27. The van der Waals surface area contributed by atoms with Crippen molar-refractivity contribution < 1.29 is 13.2 Å². The molecule has 0 aromatic carbocycles. The average Bonchev–Trinajstić information content (AvgIpc) is 2.25. The number of rotatable bonds is 5. The van der Waals surface area contributed by atoms with Crippen molar-refractivity contribution in [2.75, 3.05) is 30.0 Å². The van der Waals surface area contributed by atoms with Crippen molar-refractivity contribution in [1.29, 1.82) is 0 Å². The summed E-state index contributed by atoms with van der Waals surface area (Å²) in [6.07, 6.45) is 1.53. The van der Waals surface area contributed by atoms with Crippen LogP contribution >= 0.6 is 27.7 Å². The fourth-order valence-electron chi connectivity index (χ4n) is 0.948. The molecular formula is C8H10BrF3N4S. The van der Waals surface area contributed by atoms with Crippen molar-refractivity contribution in [2.24, 2.45) is 0 Å². The van der Waals surface area contributed by atoms with Crippen molar-refractivity contribution in [3.63, 3.8) is 0 Å². The molecular weight excluding hydrogens is 321 g/mol. The van der Waals surface area contributed by atoms with Crippen LogP contribution in [0.25, 0.3) is 0 Å². The van der Waals surface area contributed by atoms with E-state index >= 15 is 0 Å². The first-order valence-electron chi connectivity index (χ1n) is 4.57. The SMILES string of the molecule is CNc1ncc(Br)c(NCCSC(F)(F)F)n1. The number of anilines is 2. The number of aromatic nitrogens is 2. The van der Waals surface area contributed by atoms with Crippen LogP contribution in [0.15, 0.2) is 10.7 Å². The quantitative estimate of drug-likeness (QED) is 0.813. The molecule has 1 rings (SSSR count). The lowest BCUT2D eigenvalue weighted by molar-refractivity contribution is -0.0327. The molecule has 17 heavy (non-hydrogen) atoms. The summed E-state index contributed by atoms with van der Waals surface area (Å²) in [4.78, 5) is 7.98. The van der Waals surface area contributed by atoms with Crippen molar-refractivity contribution >= 4 is 39.5 Å². The van der Waals surface area contributed by atoms with Gasteiger partial charge >= 0.3 is 5.51 Å². The molecule has 4 nitrogen and oxygen atoms in total. The molecule has 0 aliphatic carbocycles. The highest BCUT2D eigenvalue weighted by atomic mass is 79.9. The maximum atomic E-state index is 11.9. The Bertz CT molecular complexity index is 374. The van der Waals surface area contributed by atoms with E-state index in [4.69, 9.17) is 0 Å². The molecule has 0 aliphatic rings. The molecule has 0 saturated heterocycles. The first kappa shape index (κ1) is 14.4. The first-order chi connectivity index (χ1) is 7.92. The smallest absolute Gasteiger partial charge is 0.368 e. The van der Waals surface area contributed by atoms with E-state index in [1.807, 2.05) is 0 Å². The standard InChI is InChI=1S/C8H10BrF3N4S/c1-13-7-15-4-5(9)6(16-7)14-2-3-17-8(10,11)12/h4H,2-3H2,1H3,(H2,13,14,15,16). The molecule has 96 valence electrons. The lowest BCUT2D eigenvalue weighted by Crippen LogP contribution is -2.11. The average molecular weight is 331 g/mol. The zero-order valence-corrected chi connectivity index (χ0v) is 11.2. The van der Waals surface area contributed by atoms with E-state index in [0.717, 1.165) is 0 Å². The second-order valence-electron chi connectivity index (χ2n) is 2.86. The number of hydrogen-bond donors (Lipinski definition) is 2. The van der Waals surface area contributed by atoms with Gasteiger partial charge < -0.3 is 10.6 Å². The van der Waals surface area contributed by atoms with Crippen LogP contribution in [-0.2, 0) is 0 Å². The lowest BCUT2D eigenvalue weighted by Gasteiger charge is -2.09. The van der Waals surface area contributed by atoms with Crippen molar-refractivity contribution in [3.05, 3.63) is 10.7 Å². The van der Waals surface area contributed by atoms with E-state index in [1.165, 1.54) is 6.20 Å². The molecule has 1 aromatic heterocycles. The van der Waals surface area contributed by atoms with E-state index in [-0.39, 0.29) is 24.1 Å². The summed E-state index contributed by atoms with van der Waals surface area (Å²) < 4.78 is 36.2. The van der Waals surface area contributed by atoms with Gasteiger partial charge in [-0.05, 0) is 27.7 Å². The number of nitrogens with one attached hydrogen (secondary N) is 2. The molecule has 0 amide bonds. The van der Waals surface area contributed by atoms with Gasteiger partial charge in [-0.15, -0.1) is 0 Å². The molecule has 1 aromatic rings. The number of thioether (sulfide) groups is 1. The molecule has 2 N–H and O–H groups in total. The Kier molecular flexibility index (Phi) is 5.31. The molecule has 0 atom stereocenters. The number of hydrogen-bond acceptors (Lipinski definition) is 5. The van der Waals surface area contributed by atoms with Gasteiger partial charge in [0.25, 0.3) is 0 Å². The lowest BCUT2D eigenvalue weighted by atomic mass is 10.5. The summed E-state index contributed by atoms with van der Waals surface area (Å²) in [6.45, 7) is 0.170. The Morgan fingerprint density at radius 1 is 1.47 bits per heavy atom. The second kappa shape index (κ2) is 6.29. The zero-order valence-electron chi connectivity index (χ0n) is 8.81. The summed E-state index contributed by atoms with van der Waals surface area (Å²) in [7, 11) is 1.66. The minimum absolute atomic E-state index is 0.0682. The minimum atomic E-state index is -4.19. The van der Waals surface area contributed by atoms with E-state index in [2.05, 4.69) is 36.5 Å². The zero-order chi connectivity index (χ0) is 12.9. The van der Waals surface area contributed by atoms with Gasteiger partial charge in [0.2, 0.25) is 5.95 Å². The van der Waals surface area contributed by atoms with Gasteiger partial charge in [-0.3, -0.25) is 0 Å². The molecule has 9 heteroatoms. The molecule has 0 bridgehead atoms. The topological polar surface area (TPSA) is 49.8 Å². The third-order valence-corrected chi connectivity index (χ3v) is 2.94. The Balaban J connectivity index is 2.46. The predicted octanol–water partition coefficient (Wildman–Crippen LogP) is 2.95. The first-order valence-corrected chi connectivity index (χ1v) is 6.35. The van der Waals surface area contributed by atoms with E-state index in [1.54, 1.807) is 7.05 Å². The van der Waals surface area contributed by atoms with Gasteiger partial charge in [0.15, 0.2) is 0 Å². The highest BCUT2D eigenvalue weighted by molar-refractivity contribution is 9.10. The van der Waals surface area contributed by atoms with Crippen LogP contribution in [0.4, 0.5) is 24.9 Å². The molecule has 0 saturated carbocycles. The van der Waals surface area contributed by atoms with Gasteiger partial charge in [0, 0.05) is 25.5 Å². The van der Waals surface area contributed by atoms with Crippen molar-refractivity contribution in [2.45, 2.75) is 5.51 Å². The van der Waals surface area contributed by atoms with E-state index in [0.29, 0.717) is 16.2 Å². The largest absolute Gasteiger partial charge is 0.441 e. The second-order valence-corrected chi connectivity index (χ2v) is 4.88. The van der Waals surface area contributed by atoms with Gasteiger partial charge in [-0.2, -0.15) is 18.2 Å². The Morgan fingerprint density at radius 2 is 2.18 bits per heavy atom. The Morgan fingerprint density at radius 3 is 2.76 bits per heavy atom. The number of halogens is 4. The predicted molar refractivity (Wildman–Crippen MR) is 66.3 cm³/mol. The Labute approximate surface area is 109 Å². The third kappa shape index (κ3) is 5.44. The molecule has 0 unspecified atom stereocenters. The summed E-state index contributed by atoms with van der Waals surface area (Å²) in [6, 6.07) is 0. The highest BCUT2D eigenvalue weighted by Crippen LogP contribution is 2.29. The van der Waals surface area contributed by atoms with Crippen LogP contribution in [0.1, 0.15) is 0 Å². The molecule has 0 fully saturated rings. The van der Waals surface area contributed by atoms with Crippen molar-refractivity contribution in [3.8, 4) is 0 Å². The fraction of sp³-hybridized carbons (Fsp3) is 0.500. The van der Waals surface area contributed by atoms with Crippen LogP contribution in [-0.4, -0.2) is 34.8 Å². The molecule has 0 aliphatic heterocycles. The molecule has 1 heterocycles. The summed E-state index contributed by atoms with van der Waals surface area (Å²) in [5.41, 5.74) is -4.19.